The van der Waals surface area contributed by atoms with Gasteiger partial charge in [0.1, 0.15) is 17.5 Å². The Hall–Kier alpha value is -2.77. The van der Waals surface area contributed by atoms with E-state index in [1.54, 1.807) is 37.1 Å². The molecule has 1 aliphatic heterocycles. The molecule has 8 heteroatoms. The smallest absolute Gasteiger partial charge is 0.242 e. The molecule has 1 aromatic rings. The van der Waals surface area contributed by atoms with Gasteiger partial charge in [-0.2, -0.15) is 0 Å². The lowest BCUT2D eigenvalue weighted by atomic mass is 10.1. The molecule has 170 valence electrons. The Morgan fingerprint density at radius 2 is 1.81 bits per heavy atom. The minimum Gasteiger partial charge on any atom is -0.497 e. The van der Waals surface area contributed by atoms with E-state index in [1.165, 1.54) is 20.0 Å². The second-order valence-corrected chi connectivity index (χ2v) is 8.37. The maximum absolute atomic E-state index is 12.8. The van der Waals surface area contributed by atoms with E-state index in [-0.39, 0.29) is 36.7 Å². The molecule has 1 saturated carbocycles. The summed E-state index contributed by atoms with van der Waals surface area (Å²) in [5, 5.41) is 5.85. The molecular formula is C23H33N3O5. The molecule has 8 nitrogen and oxygen atoms in total. The van der Waals surface area contributed by atoms with Crippen LogP contribution in [0.25, 0.3) is 0 Å². The topological polar surface area (TPSA) is 97.0 Å². The van der Waals surface area contributed by atoms with Crippen molar-refractivity contribution in [2.24, 2.45) is 5.92 Å². The van der Waals surface area contributed by atoms with Gasteiger partial charge in [0.15, 0.2) is 0 Å². The summed E-state index contributed by atoms with van der Waals surface area (Å²) < 4.78 is 10.6. The quantitative estimate of drug-likeness (QED) is 0.646. The molecule has 2 unspecified atom stereocenters. The van der Waals surface area contributed by atoms with Crippen LogP contribution in [0.5, 0.6) is 11.5 Å². The second-order valence-electron chi connectivity index (χ2n) is 8.37. The van der Waals surface area contributed by atoms with Gasteiger partial charge in [-0.15, -0.1) is 0 Å². The highest BCUT2D eigenvalue weighted by molar-refractivity contribution is 6.02. The average molecular weight is 432 g/mol. The number of methoxy groups -OCH3 is 2. The van der Waals surface area contributed by atoms with Crippen molar-refractivity contribution in [3.05, 3.63) is 18.2 Å². The van der Waals surface area contributed by atoms with Crippen LogP contribution in [0.3, 0.4) is 0 Å². The van der Waals surface area contributed by atoms with Crippen molar-refractivity contribution in [2.75, 3.05) is 25.7 Å². The van der Waals surface area contributed by atoms with Gasteiger partial charge in [-0.25, -0.2) is 0 Å². The lowest BCUT2D eigenvalue weighted by Crippen LogP contribution is -2.49. The number of carbonyl (C=O) groups excluding carboxylic acids is 3. The normalized spacial score (nSPS) is 20.7. The Balaban J connectivity index is 1.58. The molecule has 3 rings (SSSR count). The molecule has 1 heterocycles. The van der Waals surface area contributed by atoms with Crippen LogP contribution >= 0.6 is 0 Å². The van der Waals surface area contributed by atoms with Crippen molar-refractivity contribution in [3.63, 3.8) is 0 Å². The van der Waals surface area contributed by atoms with Crippen LogP contribution < -0.4 is 25.0 Å². The summed E-state index contributed by atoms with van der Waals surface area (Å²) >= 11 is 0. The van der Waals surface area contributed by atoms with E-state index in [9.17, 15) is 14.4 Å². The zero-order valence-corrected chi connectivity index (χ0v) is 18.6. The SMILES string of the molecule is COc1ccc(N2CC(C(=O)NC(C)C(=O)NC3CCCCCC3)CC2=O)c(OC)c1. The predicted molar refractivity (Wildman–Crippen MR) is 117 cm³/mol. The Bertz CT molecular complexity index is 804. The van der Waals surface area contributed by atoms with E-state index in [0.717, 1.165) is 25.7 Å². The van der Waals surface area contributed by atoms with Crippen LogP contribution in [0.4, 0.5) is 5.69 Å². The van der Waals surface area contributed by atoms with E-state index in [4.69, 9.17) is 9.47 Å². The molecule has 1 aromatic carbocycles. The number of hydrogen-bond donors (Lipinski definition) is 2. The van der Waals surface area contributed by atoms with Gasteiger partial charge in [-0.3, -0.25) is 14.4 Å². The summed E-state index contributed by atoms with van der Waals surface area (Å²) in [7, 11) is 3.08. The van der Waals surface area contributed by atoms with E-state index in [0.29, 0.717) is 17.2 Å². The van der Waals surface area contributed by atoms with Crippen molar-refractivity contribution < 1.29 is 23.9 Å². The summed E-state index contributed by atoms with van der Waals surface area (Å²) in [6, 6.07) is 4.74. The lowest BCUT2D eigenvalue weighted by Gasteiger charge is -2.22. The van der Waals surface area contributed by atoms with Crippen molar-refractivity contribution >= 4 is 23.4 Å². The fourth-order valence-electron chi connectivity index (χ4n) is 4.27. The molecule has 0 bridgehead atoms. The first-order valence-corrected chi connectivity index (χ1v) is 11.1. The number of hydrogen-bond acceptors (Lipinski definition) is 5. The zero-order valence-electron chi connectivity index (χ0n) is 18.6. The minimum atomic E-state index is -0.643. The van der Waals surface area contributed by atoms with Gasteiger partial charge in [0.05, 0.1) is 25.8 Å². The molecule has 0 aromatic heterocycles. The maximum atomic E-state index is 12.8. The van der Waals surface area contributed by atoms with E-state index >= 15 is 0 Å². The van der Waals surface area contributed by atoms with E-state index in [1.807, 2.05) is 0 Å². The Morgan fingerprint density at radius 1 is 1.10 bits per heavy atom. The number of anilines is 1. The van der Waals surface area contributed by atoms with E-state index in [2.05, 4.69) is 10.6 Å². The molecule has 1 aliphatic carbocycles. The maximum Gasteiger partial charge on any atom is 0.242 e. The number of ether oxygens (including phenoxy) is 2. The average Bonchev–Trinajstić information content (AvgIpc) is 2.97. The summed E-state index contributed by atoms with van der Waals surface area (Å²) in [5.41, 5.74) is 0.600. The molecule has 0 radical (unpaired) electrons. The van der Waals surface area contributed by atoms with Crippen LogP contribution in [-0.2, 0) is 14.4 Å². The number of benzene rings is 1. The standard InChI is InChI=1S/C23H33N3O5/c1-15(22(28)25-17-8-6-4-5-7-9-17)24-23(29)16-12-21(27)26(14-16)19-11-10-18(30-2)13-20(19)31-3/h10-11,13,15-17H,4-9,12,14H2,1-3H3,(H,24,29)(H,25,28). The van der Waals surface area contributed by atoms with Crippen molar-refractivity contribution in [2.45, 2.75) is 64.0 Å². The van der Waals surface area contributed by atoms with Gasteiger partial charge >= 0.3 is 0 Å². The molecule has 2 aliphatic rings. The summed E-state index contributed by atoms with van der Waals surface area (Å²) in [6.45, 7) is 1.93. The first-order valence-electron chi connectivity index (χ1n) is 11.1. The van der Waals surface area contributed by atoms with Gasteiger partial charge in [-0.1, -0.05) is 25.7 Å². The molecule has 3 amide bonds. The summed E-state index contributed by atoms with van der Waals surface area (Å²) in [4.78, 5) is 39.5. The van der Waals surface area contributed by atoms with Crippen molar-refractivity contribution in [1.82, 2.24) is 10.6 Å². The van der Waals surface area contributed by atoms with E-state index < -0.39 is 12.0 Å². The highest BCUT2D eigenvalue weighted by atomic mass is 16.5. The molecule has 1 saturated heterocycles. The third-order valence-corrected chi connectivity index (χ3v) is 6.13. The second kappa shape index (κ2) is 10.5. The number of nitrogens with zero attached hydrogens (tertiary/aromatic N) is 1. The number of carbonyl (C=O) groups is 3. The van der Waals surface area contributed by atoms with Gasteiger partial charge in [0, 0.05) is 25.1 Å². The number of nitrogens with one attached hydrogen (secondary N) is 2. The fourth-order valence-corrected chi connectivity index (χ4v) is 4.27. The van der Waals surface area contributed by atoms with Crippen LogP contribution in [0.2, 0.25) is 0 Å². The molecule has 31 heavy (non-hydrogen) atoms. The molecular weight excluding hydrogens is 398 g/mol. The van der Waals surface area contributed by atoms with Gasteiger partial charge in [0.25, 0.3) is 0 Å². The first kappa shape index (κ1) is 22.9. The number of rotatable bonds is 7. The van der Waals surface area contributed by atoms with Crippen molar-refractivity contribution in [3.8, 4) is 11.5 Å². The largest absolute Gasteiger partial charge is 0.497 e. The Morgan fingerprint density at radius 3 is 2.45 bits per heavy atom. The van der Waals surface area contributed by atoms with Crippen LogP contribution in [0, 0.1) is 5.92 Å². The van der Waals surface area contributed by atoms with Crippen LogP contribution in [-0.4, -0.2) is 50.6 Å². The van der Waals surface area contributed by atoms with Gasteiger partial charge in [-0.05, 0) is 31.9 Å². The van der Waals surface area contributed by atoms with Gasteiger partial charge < -0.3 is 25.0 Å². The molecule has 0 spiro atoms. The highest BCUT2D eigenvalue weighted by Gasteiger charge is 2.37. The predicted octanol–water partition coefficient (Wildman–Crippen LogP) is 2.40. The van der Waals surface area contributed by atoms with Crippen LogP contribution in [0.15, 0.2) is 18.2 Å². The number of amides is 3. The molecule has 2 atom stereocenters. The fraction of sp³-hybridized carbons (Fsp3) is 0.609. The monoisotopic (exact) mass is 431 g/mol. The summed E-state index contributed by atoms with van der Waals surface area (Å²) in [5.74, 6) is -0.00309. The first-order chi connectivity index (χ1) is 14.9. The Labute approximate surface area is 183 Å². The highest BCUT2D eigenvalue weighted by Crippen LogP contribution is 2.35. The Kier molecular flexibility index (Phi) is 7.76. The minimum absolute atomic E-state index is 0.0952. The van der Waals surface area contributed by atoms with Crippen molar-refractivity contribution in [1.29, 1.82) is 0 Å². The third-order valence-electron chi connectivity index (χ3n) is 6.13. The van der Waals surface area contributed by atoms with Crippen LogP contribution in [0.1, 0.15) is 51.9 Å². The molecule has 2 fully saturated rings. The third kappa shape index (κ3) is 5.68. The van der Waals surface area contributed by atoms with Gasteiger partial charge in [0.2, 0.25) is 17.7 Å². The zero-order chi connectivity index (χ0) is 22.4. The molecule has 2 N–H and O–H groups in total. The lowest BCUT2D eigenvalue weighted by molar-refractivity contribution is -0.131. The summed E-state index contributed by atoms with van der Waals surface area (Å²) in [6.07, 6.45) is 6.75.